The molecule has 2 nitrogen and oxygen atoms in total. The SMILES string of the molecule is C[C@@H](NC(c1ccc(Cl)cc1)c1cccc(N)c1)c1cc(F)cc(F)c1. The first kappa shape index (κ1) is 18.4. The second kappa shape index (κ2) is 7.85. The summed E-state index contributed by atoms with van der Waals surface area (Å²) >= 11 is 6.00. The summed E-state index contributed by atoms with van der Waals surface area (Å²) in [4.78, 5) is 0. The maximum Gasteiger partial charge on any atom is 0.126 e. The molecule has 0 saturated carbocycles. The fourth-order valence-electron chi connectivity index (χ4n) is 2.95. The lowest BCUT2D eigenvalue weighted by Crippen LogP contribution is -2.26. The van der Waals surface area contributed by atoms with Gasteiger partial charge < -0.3 is 5.73 Å². The maximum atomic E-state index is 13.6. The summed E-state index contributed by atoms with van der Waals surface area (Å²) in [7, 11) is 0. The Labute approximate surface area is 156 Å². The Morgan fingerprint density at radius 3 is 2.12 bits per heavy atom. The molecular formula is C21H19ClF2N2. The summed E-state index contributed by atoms with van der Waals surface area (Å²) in [5.74, 6) is -1.19. The lowest BCUT2D eigenvalue weighted by atomic mass is 9.96. The smallest absolute Gasteiger partial charge is 0.126 e. The summed E-state index contributed by atoms with van der Waals surface area (Å²) in [6, 6.07) is 18.0. The highest BCUT2D eigenvalue weighted by atomic mass is 35.5. The molecule has 134 valence electrons. The van der Waals surface area contributed by atoms with Gasteiger partial charge in [0.15, 0.2) is 0 Å². The third kappa shape index (κ3) is 4.40. The molecule has 0 aromatic heterocycles. The Morgan fingerprint density at radius 2 is 1.50 bits per heavy atom. The molecule has 5 heteroatoms. The topological polar surface area (TPSA) is 38.0 Å². The van der Waals surface area contributed by atoms with E-state index in [1.165, 1.54) is 12.1 Å². The molecule has 0 spiro atoms. The molecule has 1 unspecified atom stereocenters. The summed E-state index contributed by atoms with van der Waals surface area (Å²) in [5.41, 5.74) is 9.04. The zero-order valence-electron chi connectivity index (χ0n) is 14.2. The zero-order chi connectivity index (χ0) is 18.7. The summed E-state index contributed by atoms with van der Waals surface area (Å²) in [5, 5.41) is 4.07. The van der Waals surface area contributed by atoms with Gasteiger partial charge in [0.1, 0.15) is 11.6 Å². The summed E-state index contributed by atoms with van der Waals surface area (Å²) in [6.45, 7) is 1.86. The van der Waals surface area contributed by atoms with E-state index in [-0.39, 0.29) is 12.1 Å². The summed E-state index contributed by atoms with van der Waals surface area (Å²) < 4.78 is 27.1. The average Bonchev–Trinajstić information content (AvgIpc) is 2.59. The van der Waals surface area contributed by atoms with Crippen molar-refractivity contribution in [2.24, 2.45) is 0 Å². The van der Waals surface area contributed by atoms with Crippen molar-refractivity contribution < 1.29 is 8.78 Å². The fraction of sp³-hybridized carbons (Fsp3) is 0.143. The van der Waals surface area contributed by atoms with Crippen LogP contribution in [0.25, 0.3) is 0 Å². The first-order valence-electron chi connectivity index (χ1n) is 8.25. The van der Waals surface area contributed by atoms with E-state index in [1.807, 2.05) is 55.5 Å². The van der Waals surface area contributed by atoms with E-state index in [2.05, 4.69) is 5.32 Å². The van der Waals surface area contributed by atoms with Crippen LogP contribution >= 0.6 is 11.6 Å². The van der Waals surface area contributed by atoms with Crippen molar-refractivity contribution >= 4 is 17.3 Å². The van der Waals surface area contributed by atoms with Crippen molar-refractivity contribution in [2.75, 3.05) is 5.73 Å². The van der Waals surface area contributed by atoms with Gasteiger partial charge in [-0.05, 0) is 60.0 Å². The van der Waals surface area contributed by atoms with Gasteiger partial charge in [0.05, 0.1) is 6.04 Å². The Kier molecular flexibility index (Phi) is 5.55. The number of hydrogen-bond donors (Lipinski definition) is 2. The molecule has 3 N–H and O–H groups in total. The number of nitrogens with two attached hydrogens (primary N) is 1. The molecule has 3 aromatic rings. The van der Waals surface area contributed by atoms with Crippen LogP contribution in [0.1, 0.15) is 35.7 Å². The van der Waals surface area contributed by atoms with Crippen LogP contribution < -0.4 is 11.1 Å². The molecule has 0 aliphatic rings. The third-order valence-corrected chi connectivity index (χ3v) is 4.50. The highest BCUT2D eigenvalue weighted by Crippen LogP contribution is 2.28. The number of nitrogens with one attached hydrogen (secondary N) is 1. The molecule has 0 fully saturated rings. The van der Waals surface area contributed by atoms with Crippen LogP contribution in [0.15, 0.2) is 66.7 Å². The molecule has 0 bridgehead atoms. The molecule has 0 radical (unpaired) electrons. The molecule has 0 aliphatic heterocycles. The highest BCUT2D eigenvalue weighted by molar-refractivity contribution is 6.30. The van der Waals surface area contributed by atoms with Gasteiger partial charge in [0, 0.05) is 22.8 Å². The van der Waals surface area contributed by atoms with Crippen molar-refractivity contribution in [3.8, 4) is 0 Å². The maximum absolute atomic E-state index is 13.6. The second-order valence-electron chi connectivity index (χ2n) is 6.25. The van der Waals surface area contributed by atoms with Crippen LogP contribution in [0.5, 0.6) is 0 Å². The minimum absolute atomic E-state index is 0.211. The van der Waals surface area contributed by atoms with Gasteiger partial charge in [0.2, 0.25) is 0 Å². The Bertz CT molecular complexity index is 877. The van der Waals surface area contributed by atoms with Crippen LogP contribution in [-0.2, 0) is 0 Å². The molecule has 3 rings (SSSR count). The van der Waals surface area contributed by atoms with E-state index in [1.54, 1.807) is 0 Å². The van der Waals surface area contributed by atoms with Gasteiger partial charge in [-0.25, -0.2) is 8.78 Å². The molecule has 0 aliphatic carbocycles. The van der Waals surface area contributed by atoms with Crippen molar-refractivity contribution in [1.82, 2.24) is 5.32 Å². The van der Waals surface area contributed by atoms with Crippen LogP contribution in [-0.4, -0.2) is 0 Å². The molecule has 0 saturated heterocycles. The van der Waals surface area contributed by atoms with E-state index < -0.39 is 11.6 Å². The van der Waals surface area contributed by atoms with Crippen LogP contribution in [0.4, 0.5) is 14.5 Å². The largest absolute Gasteiger partial charge is 0.399 e. The molecule has 2 atom stereocenters. The first-order valence-corrected chi connectivity index (χ1v) is 8.63. The molecule has 0 heterocycles. The van der Waals surface area contributed by atoms with E-state index in [9.17, 15) is 8.78 Å². The Morgan fingerprint density at radius 1 is 0.846 bits per heavy atom. The number of benzene rings is 3. The fourth-order valence-corrected chi connectivity index (χ4v) is 3.08. The quantitative estimate of drug-likeness (QED) is 0.569. The highest BCUT2D eigenvalue weighted by Gasteiger charge is 2.19. The van der Waals surface area contributed by atoms with Gasteiger partial charge in [-0.1, -0.05) is 35.9 Å². The van der Waals surface area contributed by atoms with Crippen molar-refractivity contribution in [3.63, 3.8) is 0 Å². The second-order valence-corrected chi connectivity index (χ2v) is 6.68. The predicted octanol–water partition coefficient (Wildman–Crippen LogP) is 5.64. The van der Waals surface area contributed by atoms with E-state index >= 15 is 0 Å². The zero-order valence-corrected chi connectivity index (χ0v) is 15.0. The van der Waals surface area contributed by atoms with Crippen molar-refractivity contribution in [1.29, 1.82) is 0 Å². The number of rotatable bonds is 5. The molecule has 3 aromatic carbocycles. The predicted molar refractivity (Wildman–Crippen MR) is 102 cm³/mol. The monoisotopic (exact) mass is 372 g/mol. The Hall–Kier alpha value is -2.43. The van der Waals surface area contributed by atoms with Gasteiger partial charge in [0.25, 0.3) is 0 Å². The van der Waals surface area contributed by atoms with E-state index in [0.29, 0.717) is 16.3 Å². The molecule has 26 heavy (non-hydrogen) atoms. The lowest BCUT2D eigenvalue weighted by molar-refractivity contribution is 0.506. The minimum atomic E-state index is -0.597. The molecule has 0 amide bonds. The third-order valence-electron chi connectivity index (χ3n) is 4.25. The number of anilines is 1. The average molecular weight is 373 g/mol. The van der Waals surface area contributed by atoms with Crippen molar-refractivity contribution in [2.45, 2.75) is 19.0 Å². The number of halogens is 3. The van der Waals surface area contributed by atoms with Gasteiger partial charge >= 0.3 is 0 Å². The normalized spacial score (nSPS) is 13.4. The summed E-state index contributed by atoms with van der Waals surface area (Å²) in [6.07, 6.45) is 0. The lowest BCUT2D eigenvalue weighted by Gasteiger charge is -2.25. The van der Waals surface area contributed by atoms with Gasteiger partial charge in [-0.3, -0.25) is 5.32 Å². The Balaban J connectivity index is 1.96. The van der Waals surface area contributed by atoms with E-state index in [0.717, 1.165) is 17.2 Å². The molecular weight excluding hydrogens is 354 g/mol. The van der Waals surface area contributed by atoms with Crippen LogP contribution in [0.3, 0.4) is 0 Å². The van der Waals surface area contributed by atoms with Crippen molar-refractivity contribution in [3.05, 3.63) is 100 Å². The minimum Gasteiger partial charge on any atom is -0.399 e. The van der Waals surface area contributed by atoms with Crippen LogP contribution in [0.2, 0.25) is 5.02 Å². The first-order chi connectivity index (χ1) is 12.4. The number of nitrogen functional groups attached to an aromatic ring is 1. The van der Waals surface area contributed by atoms with Crippen LogP contribution in [0, 0.1) is 11.6 Å². The van der Waals surface area contributed by atoms with Gasteiger partial charge in [-0.15, -0.1) is 0 Å². The number of hydrogen-bond acceptors (Lipinski definition) is 2. The van der Waals surface area contributed by atoms with E-state index in [4.69, 9.17) is 17.3 Å². The van der Waals surface area contributed by atoms with Gasteiger partial charge in [-0.2, -0.15) is 0 Å². The standard InChI is InChI=1S/C21H19ClF2N2/c1-13(16-9-18(23)12-19(24)10-16)26-21(14-5-7-17(22)8-6-14)15-3-2-4-20(25)11-15/h2-13,21,26H,25H2,1H3/t13-,21?/m1/s1.